The maximum atomic E-state index is 5.42. The highest BCUT2D eigenvalue weighted by Gasteiger charge is 2.18. The van der Waals surface area contributed by atoms with Crippen LogP contribution < -0.4 is 0 Å². The van der Waals surface area contributed by atoms with Crippen molar-refractivity contribution in [3.8, 4) is 0 Å². The molecule has 1 atom stereocenters. The molecule has 0 radical (unpaired) electrons. The zero-order valence-electron chi connectivity index (χ0n) is 8.95. The van der Waals surface area contributed by atoms with Gasteiger partial charge in [-0.3, -0.25) is 4.90 Å². The van der Waals surface area contributed by atoms with Crippen molar-refractivity contribution >= 4 is 15.9 Å². The molecule has 3 heteroatoms. The van der Waals surface area contributed by atoms with Crippen LogP contribution in [0.4, 0.5) is 0 Å². The molecule has 15 heavy (non-hydrogen) atoms. The van der Waals surface area contributed by atoms with E-state index >= 15 is 0 Å². The monoisotopic (exact) mass is 269 g/mol. The molecule has 0 saturated carbocycles. The van der Waals surface area contributed by atoms with Gasteiger partial charge in [-0.15, -0.1) is 0 Å². The zero-order valence-corrected chi connectivity index (χ0v) is 10.5. The number of morpholine rings is 1. The fourth-order valence-corrected chi connectivity index (χ4v) is 2.31. The van der Waals surface area contributed by atoms with Gasteiger partial charge in [-0.25, -0.2) is 0 Å². The summed E-state index contributed by atoms with van der Waals surface area (Å²) in [6.07, 6.45) is 0. The number of benzene rings is 1. The summed E-state index contributed by atoms with van der Waals surface area (Å²) in [6.45, 7) is 5.99. The topological polar surface area (TPSA) is 12.5 Å². The molecule has 1 aromatic carbocycles. The van der Waals surface area contributed by atoms with E-state index in [0.717, 1.165) is 30.8 Å². The van der Waals surface area contributed by atoms with Gasteiger partial charge in [0.2, 0.25) is 0 Å². The molecule has 2 nitrogen and oxygen atoms in total. The van der Waals surface area contributed by atoms with Crippen LogP contribution >= 0.6 is 15.9 Å². The Kier molecular flexibility index (Phi) is 3.78. The second-order valence-electron chi connectivity index (χ2n) is 4.02. The highest BCUT2D eigenvalue weighted by Crippen LogP contribution is 2.16. The summed E-state index contributed by atoms with van der Waals surface area (Å²) in [5.41, 5.74) is 1.36. The molecule has 0 aromatic heterocycles. The van der Waals surface area contributed by atoms with Gasteiger partial charge in [-0.05, 0) is 24.6 Å². The standard InChI is InChI=1S/C12H16BrNO/c1-10-9-15-6-5-14(10)8-11-3-2-4-12(13)7-11/h2-4,7,10H,5-6,8-9H2,1H3/t10-/m1/s1. The fraction of sp³-hybridized carbons (Fsp3) is 0.500. The second-order valence-corrected chi connectivity index (χ2v) is 4.94. The average molecular weight is 270 g/mol. The van der Waals surface area contributed by atoms with Gasteiger partial charge in [0.25, 0.3) is 0 Å². The molecule has 1 fully saturated rings. The van der Waals surface area contributed by atoms with Crippen LogP contribution in [-0.4, -0.2) is 30.7 Å². The Morgan fingerprint density at radius 2 is 2.40 bits per heavy atom. The lowest BCUT2D eigenvalue weighted by Crippen LogP contribution is -2.42. The molecule has 0 aliphatic carbocycles. The van der Waals surface area contributed by atoms with Crippen molar-refractivity contribution in [2.45, 2.75) is 19.5 Å². The third-order valence-corrected chi connectivity index (χ3v) is 3.27. The van der Waals surface area contributed by atoms with E-state index in [0.29, 0.717) is 6.04 Å². The minimum atomic E-state index is 0.526. The van der Waals surface area contributed by atoms with Gasteiger partial charge in [0, 0.05) is 23.6 Å². The molecule has 0 unspecified atom stereocenters. The number of halogens is 1. The Morgan fingerprint density at radius 3 is 3.13 bits per heavy atom. The molecule has 1 heterocycles. The van der Waals surface area contributed by atoms with Crippen LogP contribution in [-0.2, 0) is 11.3 Å². The highest BCUT2D eigenvalue weighted by molar-refractivity contribution is 9.10. The van der Waals surface area contributed by atoms with Gasteiger partial charge < -0.3 is 4.74 Å². The predicted molar refractivity (Wildman–Crippen MR) is 64.8 cm³/mol. The largest absolute Gasteiger partial charge is 0.379 e. The second kappa shape index (κ2) is 5.10. The van der Waals surface area contributed by atoms with E-state index in [4.69, 9.17) is 4.74 Å². The normalized spacial score (nSPS) is 22.9. The van der Waals surface area contributed by atoms with Crippen LogP contribution in [0.5, 0.6) is 0 Å². The molecule has 0 spiro atoms. The summed E-state index contributed by atoms with van der Waals surface area (Å²) in [5, 5.41) is 0. The predicted octanol–water partition coefficient (Wildman–Crippen LogP) is 2.67. The van der Waals surface area contributed by atoms with Crippen LogP contribution in [0.15, 0.2) is 28.7 Å². The lowest BCUT2D eigenvalue weighted by Gasteiger charge is -2.33. The van der Waals surface area contributed by atoms with E-state index < -0.39 is 0 Å². The summed E-state index contributed by atoms with van der Waals surface area (Å²) in [7, 11) is 0. The number of ether oxygens (including phenoxy) is 1. The quantitative estimate of drug-likeness (QED) is 0.819. The molecular formula is C12H16BrNO. The summed E-state index contributed by atoms with van der Waals surface area (Å²) in [4.78, 5) is 2.46. The Labute approximate surface area is 99.4 Å². The molecular weight excluding hydrogens is 254 g/mol. The molecule has 1 aliphatic heterocycles. The van der Waals surface area contributed by atoms with Crippen LogP contribution in [0.3, 0.4) is 0 Å². The van der Waals surface area contributed by atoms with Crippen molar-refractivity contribution in [2.75, 3.05) is 19.8 Å². The average Bonchev–Trinajstić information content (AvgIpc) is 2.22. The molecule has 0 N–H and O–H groups in total. The third-order valence-electron chi connectivity index (χ3n) is 2.78. The van der Waals surface area contributed by atoms with Gasteiger partial charge in [0.15, 0.2) is 0 Å². The van der Waals surface area contributed by atoms with Crippen molar-refractivity contribution in [1.82, 2.24) is 4.90 Å². The van der Waals surface area contributed by atoms with E-state index in [2.05, 4.69) is 52.0 Å². The summed E-state index contributed by atoms with van der Waals surface area (Å²) in [6, 6.07) is 9.03. The Morgan fingerprint density at radius 1 is 1.53 bits per heavy atom. The lowest BCUT2D eigenvalue weighted by molar-refractivity contribution is -0.00437. The van der Waals surface area contributed by atoms with E-state index in [1.807, 2.05) is 0 Å². The van der Waals surface area contributed by atoms with E-state index in [-0.39, 0.29) is 0 Å². The van der Waals surface area contributed by atoms with Crippen LogP contribution in [0.1, 0.15) is 12.5 Å². The number of hydrogen-bond acceptors (Lipinski definition) is 2. The van der Waals surface area contributed by atoms with Gasteiger partial charge in [-0.2, -0.15) is 0 Å². The highest BCUT2D eigenvalue weighted by atomic mass is 79.9. The van der Waals surface area contributed by atoms with Crippen LogP contribution in [0, 0.1) is 0 Å². The minimum Gasteiger partial charge on any atom is -0.379 e. The first kappa shape index (κ1) is 11.1. The van der Waals surface area contributed by atoms with Crippen LogP contribution in [0.2, 0.25) is 0 Å². The maximum absolute atomic E-state index is 5.42. The van der Waals surface area contributed by atoms with E-state index in [1.54, 1.807) is 0 Å². The first-order valence-corrected chi connectivity index (χ1v) is 6.11. The maximum Gasteiger partial charge on any atom is 0.0619 e. The molecule has 0 bridgehead atoms. The van der Waals surface area contributed by atoms with E-state index in [1.165, 1.54) is 5.56 Å². The summed E-state index contributed by atoms with van der Waals surface area (Å²) in [5.74, 6) is 0. The summed E-state index contributed by atoms with van der Waals surface area (Å²) >= 11 is 3.50. The first-order chi connectivity index (χ1) is 7.25. The Hall–Kier alpha value is -0.380. The molecule has 2 rings (SSSR count). The number of nitrogens with zero attached hydrogens (tertiary/aromatic N) is 1. The Bertz CT molecular complexity index is 329. The van der Waals surface area contributed by atoms with Gasteiger partial charge >= 0.3 is 0 Å². The van der Waals surface area contributed by atoms with Crippen molar-refractivity contribution in [3.05, 3.63) is 34.3 Å². The van der Waals surface area contributed by atoms with Gasteiger partial charge in [-0.1, -0.05) is 28.1 Å². The SMILES string of the molecule is C[C@@H]1COCCN1Cc1cccc(Br)c1. The van der Waals surface area contributed by atoms with E-state index in [9.17, 15) is 0 Å². The molecule has 1 aromatic rings. The third kappa shape index (κ3) is 3.03. The smallest absolute Gasteiger partial charge is 0.0619 e. The minimum absolute atomic E-state index is 0.526. The zero-order chi connectivity index (χ0) is 10.7. The lowest BCUT2D eigenvalue weighted by atomic mass is 10.1. The Balaban J connectivity index is 2.01. The molecule has 82 valence electrons. The van der Waals surface area contributed by atoms with Gasteiger partial charge in [0.1, 0.15) is 0 Å². The first-order valence-electron chi connectivity index (χ1n) is 5.32. The van der Waals surface area contributed by atoms with Crippen molar-refractivity contribution in [2.24, 2.45) is 0 Å². The van der Waals surface area contributed by atoms with Crippen molar-refractivity contribution in [3.63, 3.8) is 0 Å². The van der Waals surface area contributed by atoms with Crippen molar-refractivity contribution in [1.29, 1.82) is 0 Å². The molecule has 1 saturated heterocycles. The van der Waals surface area contributed by atoms with Gasteiger partial charge in [0.05, 0.1) is 13.2 Å². The summed E-state index contributed by atoms with van der Waals surface area (Å²) < 4.78 is 6.58. The van der Waals surface area contributed by atoms with Crippen LogP contribution in [0.25, 0.3) is 0 Å². The van der Waals surface area contributed by atoms with Crippen molar-refractivity contribution < 1.29 is 4.74 Å². The molecule has 0 amide bonds. The fourth-order valence-electron chi connectivity index (χ4n) is 1.87. The number of hydrogen-bond donors (Lipinski definition) is 0. The molecule has 1 aliphatic rings. The number of rotatable bonds is 2.